The molecule has 1 N–H and O–H groups in total. The number of hydrazone groups is 1. The van der Waals surface area contributed by atoms with E-state index in [4.69, 9.17) is 14.7 Å². The van der Waals surface area contributed by atoms with Crippen molar-refractivity contribution < 1.29 is 14.5 Å². The highest BCUT2D eigenvalue weighted by atomic mass is 16.6. The van der Waals surface area contributed by atoms with Crippen molar-refractivity contribution in [2.24, 2.45) is 5.10 Å². The second-order valence-electron chi connectivity index (χ2n) is 8.21. The molecule has 0 fully saturated rings. The van der Waals surface area contributed by atoms with E-state index in [-0.39, 0.29) is 17.0 Å². The Hall–Kier alpha value is -5.44. The molecule has 0 aliphatic rings. The van der Waals surface area contributed by atoms with Crippen LogP contribution >= 0.6 is 0 Å². The number of ether oxygens (including phenoxy) is 1. The number of methoxy groups -OCH3 is 1. The average Bonchev–Trinajstić information content (AvgIpc) is 2.96. The van der Waals surface area contributed by atoms with E-state index in [0.717, 1.165) is 16.8 Å². The Morgan fingerprint density at radius 1 is 0.868 bits per heavy atom. The topological polar surface area (TPSA) is 120 Å². The summed E-state index contributed by atoms with van der Waals surface area (Å²) in [5.74, 6) is -0.397. The van der Waals surface area contributed by atoms with Crippen LogP contribution in [0, 0.1) is 10.1 Å². The van der Waals surface area contributed by atoms with E-state index >= 15 is 0 Å². The number of aromatic nitrogens is 2. The van der Waals surface area contributed by atoms with E-state index in [1.807, 2.05) is 60.7 Å². The Bertz CT molecular complexity index is 1670. The molecular weight excluding hydrogens is 482 g/mol. The van der Waals surface area contributed by atoms with Crippen molar-refractivity contribution in [1.29, 1.82) is 0 Å². The van der Waals surface area contributed by atoms with Gasteiger partial charge in [0.25, 0.3) is 5.91 Å². The average molecular weight is 504 g/mol. The first kappa shape index (κ1) is 24.3. The lowest BCUT2D eigenvalue weighted by Crippen LogP contribution is -2.17. The fraction of sp³-hybridized carbons (Fsp3) is 0.0345. The molecule has 9 nitrogen and oxygen atoms in total. The lowest BCUT2D eigenvalue weighted by atomic mass is 10.0. The molecule has 9 heteroatoms. The summed E-state index contributed by atoms with van der Waals surface area (Å²) in [6, 6.07) is 29.1. The van der Waals surface area contributed by atoms with E-state index in [0.29, 0.717) is 22.3 Å². The van der Waals surface area contributed by atoms with Gasteiger partial charge in [0.1, 0.15) is 0 Å². The molecule has 0 unspecified atom stereocenters. The van der Waals surface area contributed by atoms with E-state index in [2.05, 4.69) is 10.5 Å². The number of carbonyl (C=O) groups excluding carboxylic acids is 1. The third-order valence-corrected chi connectivity index (χ3v) is 5.82. The highest BCUT2D eigenvalue weighted by molar-refractivity contribution is 5.99. The summed E-state index contributed by atoms with van der Waals surface area (Å²) in [6.07, 6.45) is 1.21. The minimum absolute atomic E-state index is 0.0995. The van der Waals surface area contributed by atoms with Crippen LogP contribution in [0.5, 0.6) is 5.75 Å². The van der Waals surface area contributed by atoms with Gasteiger partial charge in [-0.3, -0.25) is 14.9 Å². The maximum atomic E-state index is 12.8. The number of rotatable bonds is 7. The maximum absolute atomic E-state index is 12.8. The van der Waals surface area contributed by atoms with Crippen LogP contribution in [0.4, 0.5) is 5.69 Å². The molecule has 5 rings (SSSR count). The van der Waals surface area contributed by atoms with Crippen LogP contribution in [0.25, 0.3) is 33.5 Å². The molecule has 0 bridgehead atoms. The summed E-state index contributed by atoms with van der Waals surface area (Å²) in [6.45, 7) is 0. The zero-order valence-electron chi connectivity index (χ0n) is 20.2. The Balaban J connectivity index is 1.47. The van der Waals surface area contributed by atoms with Crippen molar-refractivity contribution in [2.45, 2.75) is 0 Å². The molecule has 0 atom stereocenters. The van der Waals surface area contributed by atoms with Gasteiger partial charge in [0.05, 0.1) is 46.2 Å². The highest BCUT2D eigenvalue weighted by Crippen LogP contribution is 2.31. The fourth-order valence-corrected chi connectivity index (χ4v) is 4.02. The molecule has 1 amide bonds. The third-order valence-electron chi connectivity index (χ3n) is 5.82. The number of hydrogen-bond acceptors (Lipinski definition) is 7. The number of amides is 1. The van der Waals surface area contributed by atoms with Crippen LogP contribution in [-0.2, 0) is 0 Å². The van der Waals surface area contributed by atoms with Gasteiger partial charge in [0.2, 0.25) is 0 Å². The molecule has 0 aliphatic carbocycles. The normalized spacial score (nSPS) is 11.0. The summed E-state index contributed by atoms with van der Waals surface area (Å²) < 4.78 is 5.06. The van der Waals surface area contributed by atoms with Gasteiger partial charge < -0.3 is 4.74 Å². The predicted octanol–water partition coefficient (Wildman–Crippen LogP) is 5.64. The first-order chi connectivity index (χ1) is 18.5. The van der Waals surface area contributed by atoms with Gasteiger partial charge >= 0.3 is 5.69 Å². The Labute approximate surface area is 217 Å². The molecule has 1 heterocycles. The minimum Gasteiger partial charge on any atom is -0.490 e. The second-order valence-corrected chi connectivity index (χ2v) is 8.21. The minimum atomic E-state index is -0.558. The molecule has 186 valence electrons. The van der Waals surface area contributed by atoms with Gasteiger partial charge in [-0.05, 0) is 30.3 Å². The Morgan fingerprint density at radius 3 is 2.11 bits per heavy atom. The standard InChI is InChI=1S/C29H21N5O4/c1-38-25-14-8-13-22(28(25)34(36)37)18-30-33-29(35)21-15-16-23-24(17-21)32-27(20-11-6-3-7-12-20)26(31-23)19-9-4-2-5-10-19/h2-18H,1H3,(H,33,35). The lowest BCUT2D eigenvalue weighted by Gasteiger charge is -2.11. The number of benzene rings is 4. The number of nitro groups is 1. The maximum Gasteiger partial charge on any atom is 0.319 e. The molecule has 0 radical (unpaired) electrons. The second kappa shape index (κ2) is 10.7. The molecule has 1 aromatic heterocycles. The van der Waals surface area contributed by atoms with Gasteiger partial charge in [-0.1, -0.05) is 66.7 Å². The number of fused-ring (bicyclic) bond motifs is 1. The molecule has 0 saturated heterocycles. The summed E-state index contributed by atoms with van der Waals surface area (Å²) in [5.41, 5.74) is 7.15. The van der Waals surface area contributed by atoms with Gasteiger partial charge in [0, 0.05) is 16.7 Å². The van der Waals surface area contributed by atoms with Crippen molar-refractivity contribution in [3.8, 4) is 28.3 Å². The number of nitrogens with zero attached hydrogens (tertiary/aromatic N) is 4. The predicted molar refractivity (Wildman–Crippen MR) is 145 cm³/mol. The van der Waals surface area contributed by atoms with Crippen molar-refractivity contribution in [3.05, 3.63) is 118 Å². The van der Waals surface area contributed by atoms with Crippen molar-refractivity contribution in [2.75, 3.05) is 7.11 Å². The Kier molecular flexibility index (Phi) is 6.81. The summed E-state index contributed by atoms with van der Waals surface area (Å²) in [5, 5.41) is 15.4. The largest absolute Gasteiger partial charge is 0.490 e. The van der Waals surface area contributed by atoms with E-state index < -0.39 is 10.8 Å². The van der Waals surface area contributed by atoms with Crippen LogP contribution in [0.1, 0.15) is 15.9 Å². The first-order valence-corrected chi connectivity index (χ1v) is 11.6. The number of nitro benzene ring substituents is 1. The van der Waals surface area contributed by atoms with Crippen LogP contribution in [0.15, 0.2) is 102 Å². The number of carbonyl (C=O) groups is 1. The van der Waals surface area contributed by atoms with E-state index in [1.165, 1.54) is 25.5 Å². The molecular formula is C29H21N5O4. The monoisotopic (exact) mass is 503 g/mol. The smallest absolute Gasteiger partial charge is 0.319 e. The summed E-state index contributed by atoms with van der Waals surface area (Å²) >= 11 is 0. The zero-order valence-corrected chi connectivity index (χ0v) is 20.2. The molecule has 38 heavy (non-hydrogen) atoms. The van der Waals surface area contributed by atoms with Gasteiger partial charge in [-0.15, -0.1) is 0 Å². The van der Waals surface area contributed by atoms with Gasteiger partial charge in [-0.2, -0.15) is 5.10 Å². The summed E-state index contributed by atoms with van der Waals surface area (Å²) in [7, 11) is 1.35. The number of nitrogens with one attached hydrogen (secondary N) is 1. The highest BCUT2D eigenvalue weighted by Gasteiger charge is 2.19. The number of hydrogen-bond donors (Lipinski definition) is 1. The van der Waals surface area contributed by atoms with Gasteiger partial charge in [-0.25, -0.2) is 15.4 Å². The SMILES string of the molecule is COc1cccc(C=NNC(=O)c2ccc3nc(-c4ccccc4)c(-c4ccccc4)nc3c2)c1[N+](=O)[O-]. The van der Waals surface area contributed by atoms with Crippen LogP contribution in [0.2, 0.25) is 0 Å². The van der Waals surface area contributed by atoms with Crippen molar-refractivity contribution in [1.82, 2.24) is 15.4 Å². The first-order valence-electron chi connectivity index (χ1n) is 11.6. The van der Waals surface area contributed by atoms with Crippen LogP contribution in [-0.4, -0.2) is 34.1 Å². The fourth-order valence-electron chi connectivity index (χ4n) is 4.02. The zero-order chi connectivity index (χ0) is 26.5. The molecule has 4 aromatic carbocycles. The Morgan fingerprint density at radius 2 is 1.50 bits per heavy atom. The lowest BCUT2D eigenvalue weighted by molar-refractivity contribution is -0.385. The molecule has 0 saturated carbocycles. The van der Waals surface area contributed by atoms with Gasteiger partial charge in [0.15, 0.2) is 5.75 Å². The van der Waals surface area contributed by atoms with Crippen molar-refractivity contribution in [3.63, 3.8) is 0 Å². The third kappa shape index (κ3) is 4.93. The quantitative estimate of drug-likeness (QED) is 0.174. The van der Waals surface area contributed by atoms with E-state index in [9.17, 15) is 14.9 Å². The summed E-state index contributed by atoms with van der Waals surface area (Å²) in [4.78, 5) is 33.5. The molecule has 0 aliphatic heterocycles. The molecule has 0 spiro atoms. The molecule has 5 aromatic rings. The van der Waals surface area contributed by atoms with Crippen molar-refractivity contribution >= 4 is 28.8 Å². The number of para-hydroxylation sites is 1. The van der Waals surface area contributed by atoms with Crippen LogP contribution < -0.4 is 10.2 Å². The van der Waals surface area contributed by atoms with E-state index in [1.54, 1.807) is 24.3 Å². The van der Waals surface area contributed by atoms with Crippen LogP contribution in [0.3, 0.4) is 0 Å².